The van der Waals surface area contributed by atoms with Crippen molar-refractivity contribution in [2.24, 2.45) is 5.92 Å². The van der Waals surface area contributed by atoms with Gasteiger partial charge in [0.25, 0.3) is 0 Å². The molecule has 0 aromatic carbocycles. The number of carbonyl (C=O) groups is 2. The largest absolute Gasteiger partial charge is 0.481 e. The summed E-state index contributed by atoms with van der Waals surface area (Å²) in [6.45, 7) is 3.50. The highest BCUT2D eigenvalue weighted by molar-refractivity contribution is 7.09. The van der Waals surface area contributed by atoms with Crippen LogP contribution in [0.15, 0.2) is 5.38 Å². The van der Waals surface area contributed by atoms with Crippen LogP contribution in [0.5, 0.6) is 0 Å². The predicted octanol–water partition coefficient (Wildman–Crippen LogP) is 0.788. The Hall–Kier alpha value is -1.43. The smallest absolute Gasteiger partial charge is 0.315 e. The summed E-state index contributed by atoms with van der Waals surface area (Å²) in [5.74, 6) is -2.64. The number of aliphatic carboxylic acids is 1. The zero-order valence-corrected chi connectivity index (χ0v) is 9.30. The maximum atomic E-state index is 11.2. The van der Waals surface area contributed by atoms with Crippen LogP contribution < -0.4 is 5.32 Å². The van der Waals surface area contributed by atoms with Crippen LogP contribution in [-0.2, 0) is 16.1 Å². The third-order valence-electron chi connectivity index (χ3n) is 1.87. The van der Waals surface area contributed by atoms with E-state index in [2.05, 4.69) is 10.3 Å². The monoisotopic (exact) mass is 228 g/mol. The van der Waals surface area contributed by atoms with Gasteiger partial charge in [0.15, 0.2) is 0 Å². The minimum atomic E-state index is -1.12. The number of amides is 1. The van der Waals surface area contributed by atoms with E-state index >= 15 is 0 Å². The van der Waals surface area contributed by atoms with E-state index in [1.807, 2.05) is 12.3 Å². The first-order valence-corrected chi connectivity index (χ1v) is 5.30. The van der Waals surface area contributed by atoms with Crippen LogP contribution >= 0.6 is 11.3 Å². The molecule has 0 radical (unpaired) electrons. The Morgan fingerprint density at radius 3 is 2.80 bits per heavy atom. The molecule has 0 spiro atoms. The molecule has 1 aromatic rings. The molecule has 82 valence electrons. The standard InChI is InChI=1S/C9H12N2O3S/c1-5(9(13)14)8(12)10-3-7-4-15-6(2)11-7/h4-5H,3H2,1-2H3,(H,10,12)(H,13,14). The summed E-state index contributed by atoms with van der Waals surface area (Å²) in [6.07, 6.45) is 0. The molecule has 0 aliphatic carbocycles. The number of carboxylic acid groups (broad SMARTS) is 1. The molecule has 0 fully saturated rings. The third-order valence-corrected chi connectivity index (χ3v) is 2.70. The Morgan fingerprint density at radius 1 is 1.67 bits per heavy atom. The molecule has 6 heteroatoms. The molecule has 15 heavy (non-hydrogen) atoms. The van der Waals surface area contributed by atoms with Crippen molar-refractivity contribution in [2.45, 2.75) is 20.4 Å². The summed E-state index contributed by atoms with van der Waals surface area (Å²) < 4.78 is 0. The second-order valence-electron chi connectivity index (χ2n) is 3.14. The molecule has 5 nitrogen and oxygen atoms in total. The maximum absolute atomic E-state index is 11.2. The minimum absolute atomic E-state index is 0.279. The van der Waals surface area contributed by atoms with Gasteiger partial charge in [-0.05, 0) is 13.8 Å². The van der Waals surface area contributed by atoms with Crippen LogP contribution in [0.4, 0.5) is 0 Å². The summed E-state index contributed by atoms with van der Waals surface area (Å²) in [5.41, 5.74) is 0.753. The van der Waals surface area contributed by atoms with Crippen LogP contribution in [0.25, 0.3) is 0 Å². The molecule has 0 aliphatic heterocycles. The van der Waals surface area contributed by atoms with E-state index in [1.165, 1.54) is 18.3 Å². The second-order valence-corrected chi connectivity index (χ2v) is 4.20. The lowest BCUT2D eigenvalue weighted by atomic mass is 10.2. The fraction of sp³-hybridized carbons (Fsp3) is 0.444. The summed E-state index contributed by atoms with van der Waals surface area (Å²) in [6, 6.07) is 0. The van der Waals surface area contributed by atoms with Crippen LogP contribution in [0.1, 0.15) is 17.6 Å². The van der Waals surface area contributed by atoms with E-state index in [4.69, 9.17) is 5.11 Å². The first kappa shape index (κ1) is 11.6. The van der Waals surface area contributed by atoms with Crippen molar-refractivity contribution >= 4 is 23.2 Å². The Bertz CT molecular complexity index is 375. The highest BCUT2D eigenvalue weighted by Gasteiger charge is 2.19. The van der Waals surface area contributed by atoms with Gasteiger partial charge in [-0.3, -0.25) is 9.59 Å². The Labute approximate surface area is 91.1 Å². The number of aromatic nitrogens is 1. The lowest BCUT2D eigenvalue weighted by Gasteiger charge is -2.06. The molecule has 1 atom stereocenters. The Kier molecular flexibility index (Phi) is 3.79. The predicted molar refractivity (Wildman–Crippen MR) is 55.5 cm³/mol. The average Bonchev–Trinajstić information content (AvgIpc) is 2.59. The van der Waals surface area contributed by atoms with Gasteiger partial charge in [0.05, 0.1) is 17.2 Å². The fourth-order valence-electron chi connectivity index (χ4n) is 0.932. The average molecular weight is 228 g/mol. The van der Waals surface area contributed by atoms with Gasteiger partial charge in [0, 0.05) is 5.38 Å². The summed E-state index contributed by atoms with van der Waals surface area (Å²) >= 11 is 1.49. The molecule has 1 unspecified atom stereocenters. The van der Waals surface area contributed by atoms with Crippen molar-refractivity contribution in [1.29, 1.82) is 0 Å². The number of hydrogen-bond donors (Lipinski definition) is 2. The van der Waals surface area contributed by atoms with Crippen molar-refractivity contribution in [1.82, 2.24) is 10.3 Å². The lowest BCUT2D eigenvalue weighted by Crippen LogP contribution is -2.33. The van der Waals surface area contributed by atoms with Gasteiger partial charge in [0.1, 0.15) is 5.92 Å². The molecular weight excluding hydrogens is 216 g/mol. The van der Waals surface area contributed by atoms with Crippen molar-refractivity contribution in [3.63, 3.8) is 0 Å². The van der Waals surface area contributed by atoms with Gasteiger partial charge in [-0.25, -0.2) is 4.98 Å². The molecule has 2 N–H and O–H groups in total. The zero-order chi connectivity index (χ0) is 11.4. The van der Waals surface area contributed by atoms with E-state index in [-0.39, 0.29) is 6.54 Å². The topological polar surface area (TPSA) is 79.3 Å². The van der Waals surface area contributed by atoms with Gasteiger partial charge < -0.3 is 10.4 Å². The minimum Gasteiger partial charge on any atom is -0.481 e. The number of thiazole rings is 1. The van der Waals surface area contributed by atoms with Crippen molar-refractivity contribution in [2.75, 3.05) is 0 Å². The molecule has 1 amide bonds. The number of carboxylic acids is 1. The van der Waals surface area contributed by atoms with Crippen LogP contribution in [0, 0.1) is 12.8 Å². The normalized spacial score (nSPS) is 12.1. The number of nitrogens with one attached hydrogen (secondary N) is 1. The van der Waals surface area contributed by atoms with E-state index < -0.39 is 17.8 Å². The quantitative estimate of drug-likeness (QED) is 0.747. The first-order chi connectivity index (χ1) is 7.00. The van der Waals surface area contributed by atoms with Gasteiger partial charge in [0.2, 0.25) is 5.91 Å². The zero-order valence-electron chi connectivity index (χ0n) is 8.48. The molecule has 0 bridgehead atoms. The molecule has 0 aliphatic rings. The van der Waals surface area contributed by atoms with E-state index in [0.717, 1.165) is 10.7 Å². The fourth-order valence-corrected chi connectivity index (χ4v) is 1.54. The van der Waals surface area contributed by atoms with Gasteiger partial charge in [-0.1, -0.05) is 0 Å². The van der Waals surface area contributed by atoms with Crippen molar-refractivity contribution < 1.29 is 14.7 Å². The molecule has 0 saturated carbocycles. The van der Waals surface area contributed by atoms with Crippen molar-refractivity contribution in [3.05, 3.63) is 16.1 Å². The lowest BCUT2D eigenvalue weighted by molar-refractivity contribution is -0.146. The van der Waals surface area contributed by atoms with E-state index in [9.17, 15) is 9.59 Å². The number of carbonyl (C=O) groups excluding carboxylic acids is 1. The number of nitrogens with zero attached hydrogens (tertiary/aromatic N) is 1. The molecular formula is C9H12N2O3S. The summed E-state index contributed by atoms with van der Waals surface area (Å²) in [7, 11) is 0. The third kappa shape index (κ3) is 3.32. The van der Waals surface area contributed by atoms with Gasteiger partial charge in [-0.2, -0.15) is 0 Å². The Morgan fingerprint density at radius 2 is 2.33 bits per heavy atom. The van der Waals surface area contributed by atoms with E-state index in [1.54, 1.807) is 0 Å². The van der Waals surface area contributed by atoms with Gasteiger partial charge in [-0.15, -0.1) is 11.3 Å². The van der Waals surface area contributed by atoms with Crippen LogP contribution in [0.3, 0.4) is 0 Å². The van der Waals surface area contributed by atoms with Crippen LogP contribution in [-0.4, -0.2) is 22.0 Å². The number of hydrogen-bond acceptors (Lipinski definition) is 4. The first-order valence-electron chi connectivity index (χ1n) is 4.42. The molecule has 0 saturated heterocycles. The Balaban J connectivity index is 2.44. The molecule has 1 aromatic heterocycles. The summed E-state index contributed by atoms with van der Waals surface area (Å²) in [5, 5.41) is 13.9. The second kappa shape index (κ2) is 4.88. The van der Waals surface area contributed by atoms with E-state index in [0.29, 0.717) is 0 Å². The molecule has 1 rings (SSSR count). The highest BCUT2D eigenvalue weighted by Crippen LogP contribution is 2.07. The number of aryl methyl sites for hydroxylation is 1. The van der Waals surface area contributed by atoms with Gasteiger partial charge >= 0.3 is 5.97 Å². The highest BCUT2D eigenvalue weighted by atomic mass is 32.1. The maximum Gasteiger partial charge on any atom is 0.315 e. The number of rotatable bonds is 4. The molecule has 1 heterocycles. The van der Waals surface area contributed by atoms with Crippen LogP contribution in [0.2, 0.25) is 0 Å². The van der Waals surface area contributed by atoms with Crippen molar-refractivity contribution in [3.8, 4) is 0 Å². The SMILES string of the molecule is Cc1nc(CNC(=O)C(C)C(=O)O)cs1. The summed E-state index contributed by atoms with van der Waals surface area (Å²) in [4.78, 5) is 25.9.